The number of nitrogens with one attached hydrogen (secondary N) is 2. The Morgan fingerprint density at radius 3 is 2.88 bits per heavy atom. The molecule has 17 heavy (non-hydrogen) atoms. The zero-order chi connectivity index (χ0) is 12.1. The molecule has 1 amide bonds. The number of hydrogen-bond acceptors (Lipinski definition) is 5. The van der Waals surface area contributed by atoms with Crippen LogP contribution in [0.2, 0.25) is 0 Å². The number of rotatable bonds is 6. The molecule has 6 heteroatoms. The highest BCUT2D eigenvalue weighted by Gasteiger charge is 2.22. The second-order valence-corrected chi connectivity index (χ2v) is 4.20. The lowest BCUT2D eigenvalue weighted by Crippen LogP contribution is -2.25. The van der Waals surface area contributed by atoms with Crippen LogP contribution < -0.4 is 16.4 Å². The predicted molar refractivity (Wildman–Crippen MR) is 65.3 cm³/mol. The molecule has 0 atom stereocenters. The van der Waals surface area contributed by atoms with Gasteiger partial charge in [-0.2, -0.15) is 0 Å². The molecule has 0 bridgehead atoms. The van der Waals surface area contributed by atoms with Crippen LogP contribution in [0.1, 0.15) is 25.7 Å². The van der Waals surface area contributed by atoms with Gasteiger partial charge < -0.3 is 16.4 Å². The van der Waals surface area contributed by atoms with E-state index in [1.54, 1.807) is 6.20 Å². The monoisotopic (exact) mass is 235 g/mol. The second-order valence-electron chi connectivity index (χ2n) is 4.20. The summed E-state index contributed by atoms with van der Waals surface area (Å²) in [5.41, 5.74) is 5.42. The van der Waals surface area contributed by atoms with Crippen LogP contribution in [0.15, 0.2) is 12.4 Å². The molecule has 1 aromatic rings. The Morgan fingerprint density at radius 2 is 2.24 bits per heavy atom. The molecule has 1 aromatic heterocycles. The first-order chi connectivity index (χ1) is 8.24. The number of aromatic nitrogens is 2. The summed E-state index contributed by atoms with van der Waals surface area (Å²) in [6.45, 7) is 0.705. The minimum atomic E-state index is 0.137. The SMILES string of the molecule is Nc1cnc(NCCCC(=O)NC2CC2)cn1. The summed E-state index contributed by atoms with van der Waals surface area (Å²) >= 11 is 0. The Morgan fingerprint density at radius 1 is 1.41 bits per heavy atom. The van der Waals surface area contributed by atoms with E-state index in [1.165, 1.54) is 6.20 Å². The molecule has 0 saturated heterocycles. The molecule has 6 nitrogen and oxygen atoms in total. The molecule has 0 aromatic carbocycles. The zero-order valence-electron chi connectivity index (χ0n) is 9.65. The highest BCUT2D eigenvalue weighted by molar-refractivity contribution is 5.76. The van der Waals surface area contributed by atoms with Crippen molar-refractivity contribution >= 4 is 17.5 Å². The lowest BCUT2D eigenvalue weighted by atomic mass is 10.3. The molecule has 92 valence electrons. The van der Waals surface area contributed by atoms with E-state index < -0.39 is 0 Å². The van der Waals surface area contributed by atoms with E-state index in [4.69, 9.17) is 5.73 Å². The summed E-state index contributed by atoms with van der Waals surface area (Å²) in [6, 6.07) is 0.443. The van der Waals surface area contributed by atoms with Gasteiger partial charge in [0.1, 0.15) is 11.6 Å². The third kappa shape index (κ3) is 4.26. The minimum absolute atomic E-state index is 0.137. The van der Waals surface area contributed by atoms with Crippen molar-refractivity contribution in [2.45, 2.75) is 31.7 Å². The third-order valence-corrected chi connectivity index (χ3v) is 2.50. The first kappa shape index (κ1) is 11.6. The number of nitrogens with zero attached hydrogens (tertiary/aromatic N) is 2. The van der Waals surface area contributed by atoms with Gasteiger partial charge in [0.05, 0.1) is 12.4 Å². The van der Waals surface area contributed by atoms with Crippen molar-refractivity contribution in [1.82, 2.24) is 15.3 Å². The van der Waals surface area contributed by atoms with Gasteiger partial charge in [0.15, 0.2) is 0 Å². The van der Waals surface area contributed by atoms with E-state index in [-0.39, 0.29) is 5.91 Å². The molecule has 1 heterocycles. The number of nitrogen functional groups attached to an aromatic ring is 1. The third-order valence-electron chi connectivity index (χ3n) is 2.50. The van der Waals surface area contributed by atoms with Crippen molar-refractivity contribution in [2.75, 3.05) is 17.6 Å². The fourth-order valence-corrected chi connectivity index (χ4v) is 1.42. The molecule has 1 fully saturated rings. The van der Waals surface area contributed by atoms with Gasteiger partial charge in [-0.25, -0.2) is 9.97 Å². The van der Waals surface area contributed by atoms with Gasteiger partial charge in [0, 0.05) is 19.0 Å². The first-order valence-corrected chi connectivity index (χ1v) is 5.85. The topological polar surface area (TPSA) is 92.9 Å². The normalized spacial score (nSPS) is 14.4. The van der Waals surface area contributed by atoms with Gasteiger partial charge in [0.25, 0.3) is 0 Å². The van der Waals surface area contributed by atoms with Crippen LogP contribution >= 0.6 is 0 Å². The van der Waals surface area contributed by atoms with Crippen LogP contribution in [-0.4, -0.2) is 28.5 Å². The maximum Gasteiger partial charge on any atom is 0.220 e. The standard InChI is InChI=1S/C11H17N5O/c12-9-6-15-10(7-14-9)13-5-1-2-11(17)16-8-3-4-8/h6-8H,1-5H2,(H2,12,14)(H,13,15)(H,16,17). The number of carbonyl (C=O) groups is 1. The molecule has 0 aliphatic heterocycles. The van der Waals surface area contributed by atoms with Crippen molar-refractivity contribution in [3.05, 3.63) is 12.4 Å². The van der Waals surface area contributed by atoms with Crippen molar-refractivity contribution in [3.8, 4) is 0 Å². The van der Waals surface area contributed by atoms with Gasteiger partial charge in [-0.15, -0.1) is 0 Å². The molecule has 1 saturated carbocycles. The van der Waals surface area contributed by atoms with Crippen LogP contribution in [0.3, 0.4) is 0 Å². The minimum Gasteiger partial charge on any atom is -0.382 e. The van der Waals surface area contributed by atoms with E-state index in [1.807, 2.05) is 0 Å². The average Bonchev–Trinajstić information content (AvgIpc) is 3.11. The van der Waals surface area contributed by atoms with Crippen LogP contribution in [0.25, 0.3) is 0 Å². The Hall–Kier alpha value is -1.85. The van der Waals surface area contributed by atoms with Crippen molar-refractivity contribution in [3.63, 3.8) is 0 Å². The predicted octanol–water partition coefficient (Wildman–Crippen LogP) is 0.529. The van der Waals surface area contributed by atoms with Gasteiger partial charge in [-0.1, -0.05) is 0 Å². The molecule has 4 N–H and O–H groups in total. The fraction of sp³-hybridized carbons (Fsp3) is 0.545. The Labute approximate surface area is 100 Å². The molecule has 0 radical (unpaired) electrons. The van der Waals surface area contributed by atoms with Gasteiger partial charge in [0.2, 0.25) is 5.91 Å². The molecule has 1 aliphatic rings. The summed E-state index contributed by atoms with van der Waals surface area (Å²) in [5.74, 6) is 1.22. The quantitative estimate of drug-likeness (QED) is 0.625. The van der Waals surface area contributed by atoms with Gasteiger partial charge in [-0.05, 0) is 19.3 Å². The smallest absolute Gasteiger partial charge is 0.220 e. The highest BCUT2D eigenvalue weighted by Crippen LogP contribution is 2.18. The molecule has 0 spiro atoms. The molecule has 0 unspecified atom stereocenters. The first-order valence-electron chi connectivity index (χ1n) is 5.85. The van der Waals surface area contributed by atoms with E-state index in [0.29, 0.717) is 30.6 Å². The van der Waals surface area contributed by atoms with Crippen molar-refractivity contribution in [1.29, 1.82) is 0 Å². The molecule has 1 aliphatic carbocycles. The highest BCUT2D eigenvalue weighted by atomic mass is 16.1. The second kappa shape index (κ2) is 5.47. The fourth-order valence-electron chi connectivity index (χ4n) is 1.42. The summed E-state index contributed by atoms with van der Waals surface area (Å²) in [4.78, 5) is 19.3. The number of carbonyl (C=O) groups excluding carboxylic acids is 1. The number of nitrogens with two attached hydrogens (primary N) is 1. The average molecular weight is 235 g/mol. The summed E-state index contributed by atoms with van der Waals surface area (Å²) in [7, 11) is 0. The van der Waals surface area contributed by atoms with Gasteiger partial charge >= 0.3 is 0 Å². The maximum atomic E-state index is 11.4. The molecular weight excluding hydrogens is 218 g/mol. The van der Waals surface area contributed by atoms with Crippen molar-refractivity contribution < 1.29 is 4.79 Å². The Bertz CT molecular complexity index is 374. The molecular formula is C11H17N5O. The summed E-state index contributed by atoms with van der Waals surface area (Å²) in [6.07, 6.45) is 6.67. The van der Waals surface area contributed by atoms with Crippen molar-refractivity contribution in [2.24, 2.45) is 0 Å². The van der Waals surface area contributed by atoms with E-state index >= 15 is 0 Å². The number of anilines is 2. The van der Waals surface area contributed by atoms with Crippen LogP contribution in [-0.2, 0) is 4.79 Å². The maximum absolute atomic E-state index is 11.4. The summed E-state index contributed by atoms with van der Waals surface area (Å²) < 4.78 is 0. The largest absolute Gasteiger partial charge is 0.382 e. The van der Waals surface area contributed by atoms with E-state index in [9.17, 15) is 4.79 Å². The number of hydrogen-bond donors (Lipinski definition) is 3. The Balaban J connectivity index is 1.59. The lowest BCUT2D eigenvalue weighted by molar-refractivity contribution is -0.121. The van der Waals surface area contributed by atoms with Crippen LogP contribution in [0.4, 0.5) is 11.6 Å². The summed E-state index contributed by atoms with van der Waals surface area (Å²) in [5, 5.41) is 6.04. The van der Waals surface area contributed by atoms with E-state index in [0.717, 1.165) is 19.3 Å². The number of amides is 1. The van der Waals surface area contributed by atoms with Crippen LogP contribution in [0, 0.1) is 0 Å². The Kier molecular flexibility index (Phi) is 3.74. The van der Waals surface area contributed by atoms with Crippen LogP contribution in [0.5, 0.6) is 0 Å². The van der Waals surface area contributed by atoms with E-state index in [2.05, 4.69) is 20.6 Å². The zero-order valence-corrected chi connectivity index (χ0v) is 9.65. The van der Waals surface area contributed by atoms with Gasteiger partial charge in [-0.3, -0.25) is 4.79 Å². The molecule has 2 rings (SSSR count). The lowest BCUT2D eigenvalue weighted by Gasteiger charge is -2.05.